The highest BCUT2D eigenvalue weighted by molar-refractivity contribution is 6.34. The number of allylic oxidation sites excluding steroid dienone is 2. The lowest BCUT2D eigenvalue weighted by Gasteiger charge is -2.37. The maximum Gasteiger partial charge on any atom is 0.239 e. The van der Waals surface area contributed by atoms with Crippen molar-refractivity contribution in [3.8, 4) is 0 Å². The van der Waals surface area contributed by atoms with Gasteiger partial charge < -0.3 is 0 Å². The van der Waals surface area contributed by atoms with E-state index in [2.05, 4.69) is 6.92 Å². The normalized spacial score (nSPS) is 28.9. The fraction of sp³-hybridized carbons (Fsp3) is 0.281. The zero-order valence-electron chi connectivity index (χ0n) is 20.8. The van der Waals surface area contributed by atoms with Gasteiger partial charge in [0.05, 0.1) is 28.4 Å². The molecule has 1 heterocycles. The molecule has 4 nitrogen and oxygen atoms in total. The molecule has 3 aromatic rings. The molecule has 6 rings (SSSR count). The molecular formula is C32H29NO3. The van der Waals surface area contributed by atoms with Gasteiger partial charge in [0.25, 0.3) is 0 Å². The van der Waals surface area contributed by atoms with E-state index in [1.54, 1.807) is 0 Å². The number of nitrogens with zero attached hydrogens (tertiary/aromatic N) is 1. The lowest BCUT2D eigenvalue weighted by atomic mass is 9.61. The fourth-order valence-corrected chi connectivity index (χ4v) is 7.31. The first-order valence-electron chi connectivity index (χ1n) is 12.7. The molecule has 0 unspecified atom stereocenters. The van der Waals surface area contributed by atoms with Gasteiger partial charge in [-0.25, -0.2) is 4.90 Å². The molecule has 0 aromatic heterocycles. The van der Waals surface area contributed by atoms with Gasteiger partial charge in [-0.15, -0.1) is 0 Å². The number of benzene rings is 3. The zero-order chi connectivity index (χ0) is 25.2. The number of aryl methyl sites for hydroxylation is 1. The Morgan fingerprint density at radius 2 is 1.25 bits per heavy atom. The van der Waals surface area contributed by atoms with Crippen molar-refractivity contribution in [1.82, 2.24) is 0 Å². The Morgan fingerprint density at radius 1 is 0.722 bits per heavy atom. The number of rotatable bonds is 5. The molecule has 36 heavy (non-hydrogen) atoms. The maximum absolute atomic E-state index is 14.6. The van der Waals surface area contributed by atoms with E-state index in [0.29, 0.717) is 12.1 Å². The number of anilines is 1. The van der Waals surface area contributed by atoms with Crippen LogP contribution < -0.4 is 4.90 Å². The van der Waals surface area contributed by atoms with E-state index in [-0.39, 0.29) is 17.6 Å². The number of carbonyl (C=O) groups excluding carboxylic acids is 3. The summed E-state index contributed by atoms with van der Waals surface area (Å²) in [4.78, 5) is 44.3. The van der Waals surface area contributed by atoms with E-state index in [9.17, 15) is 14.4 Å². The highest BCUT2D eigenvalue weighted by atomic mass is 16.2. The predicted octanol–water partition coefficient (Wildman–Crippen LogP) is 6.10. The molecule has 4 heteroatoms. The first-order valence-corrected chi connectivity index (χ1v) is 12.7. The third-order valence-corrected chi connectivity index (χ3v) is 8.61. The number of amides is 2. The molecule has 2 amide bonds. The van der Waals surface area contributed by atoms with Crippen LogP contribution in [0.25, 0.3) is 11.1 Å². The molecule has 1 saturated heterocycles. The Labute approximate surface area is 211 Å². The lowest BCUT2D eigenvalue weighted by molar-refractivity contribution is -0.134. The van der Waals surface area contributed by atoms with E-state index in [1.807, 2.05) is 98.8 Å². The molecule has 3 aliphatic rings. The Bertz CT molecular complexity index is 1420. The topological polar surface area (TPSA) is 54.5 Å². The van der Waals surface area contributed by atoms with Crippen molar-refractivity contribution in [1.29, 1.82) is 0 Å². The van der Waals surface area contributed by atoms with E-state index < -0.39 is 22.7 Å². The molecule has 0 spiro atoms. The van der Waals surface area contributed by atoms with Gasteiger partial charge in [-0.05, 0) is 54.7 Å². The van der Waals surface area contributed by atoms with Crippen LogP contribution in [0, 0.1) is 29.6 Å². The van der Waals surface area contributed by atoms with E-state index >= 15 is 0 Å². The van der Waals surface area contributed by atoms with Crippen LogP contribution >= 0.6 is 0 Å². The van der Waals surface area contributed by atoms with Gasteiger partial charge in [0.15, 0.2) is 5.78 Å². The van der Waals surface area contributed by atoms with Crippen molar-refractivity contribution in [3.63, 3.8) is 0 Å². The van der Waals surface area contributed by atoms with Gasteiger partial charge in [-0.2, -0.15) is 0 Å². The van der Waals surface area contributed by atoms with Gasteiger partial charge >= 0.3 is 0 Å². The minimum Gasteiger partial charge on any atom is -0.298 e. The highest BCUT2D eigenvalue weighted by Gasteiger charge is 2.79. The van der Waals surface area contributed by atoms with Crippen molar-refractivity contribution >= 4 is 34.4 Å². The summed E-state index contributed by atoms with van der Waals surface area (Å²) in [6.45, 7) is 5.94. The number of hydrogen-bond donors (Lipinski definition) is 0. The van der Waals surface area contributed by atoms with Gasteiger partial charge in [0, 0.05) is 0 Å². The third kappa shape index (κ3) is 2.67. The highest BCUT2D eigenvalue weighted by Crippen LogP contribution is 2.74. The lowest BCUT2D eigenvalue weighted by Crippen LogP contribution is -2.41. The zero-order valence-corrected chi connectivity index (χ0v) is 20.8. The summed E-state index contributed by atoms with van der Waals surface area (Å²) < 4.78 is 0. The van der Waals surface area contributed by atoms with Gasteiger partial charge in [0.2, 0.25) is 11.8 Å². The summed E-state index contributed by atoms with van der Waals surface area (Å²) in [7, 11) is 0. The number of Topliss-reactive ketones (excluding diaryl/α,β-unsaturated/α-hetero) is 1. The second-order valence-corrected chi connectivity index (χ2v) is 10.5. The van der Waals surface area contributed by atoms with Crippen molar-refractivity contribution in [2.45, 2.75) is 33.6 Å². The summed E-state index contributed by atoms with van der Waals surface area (Å²) in [5.41, 5.74) is 3.24. The second-order valence-electron chi connectivity index (χ2n) is 10.5. The number of hydrogen-bond acceptors (Lipinski definition) is 3. The molecule has 2 bridgehead atoms. The van der Waals surface area contributed by atoms with Crippen molar-refractivity contribution in [2.24, 2.45) is 22.7 Å². The Hall–Kier alpha value is -3.79. The van der Waals surface area contributed by atoms with Crippen LogP contribution in [0.5, 0.6) is 0 Å². The third-order valence-electron chi connectivity index (χ3n) is 8.61. The molecule has 4 atom stereocenters. The summed E-state index contributed by atoms with van der Waals surface area (Å²) in [5.74, 6) is -1.91. The average molecular weight is 476 g/mol. The summed E-state index contributed by atoms with van der Waals surface area (Å²) in [5, 5.41) is 0. The SMILES string of the molecule is CCC[C@]12C(=O)[C@@](C)(C(c3ccccc3)=C1c1ccccc1)[C@@H]1C(=O)N(c3ccc(C)cc3)C(=O)[C@H]12. The van der Waals surface area contributed by atoms with Crippen LogP contribution in [-0.2, 0) is 14.4 Å². The molecule has 3 aromatic carbocycles. The van der Waals surface area contributed by atoms with Crippen molar-refractivity contribution in [2.75, 3.05) is 4.90 Å². The Morgan fingerprint density at radius 3 is 1.81 bits per heavy atom. The minimum atomic E-state index is -1.08. The monoisotopic (exact) mass is 475 g/mol. The molecule has 2 fully saturated rings. The fourth-order valence-electron chi connectivity index (χ4n) is 7.31. The summed E-state index contributed by atoms with van der Waals surface area (Å²) >= 11 is 0. The van der Waals surface area contributed by atoms with Crippen LogP contribution in [0.2, 0.25) is 0 Å². The Balaban J connectivity index is 1.65. The molecular weight excluding hydrogens is 446 g/mol. The summed E-state index contributed by atoms with van der Waals surface area (Å²) in [6.07, 6.45) is 1.26. The van der Waals surface area contributed by atoms with Crippen LogP contribution in [0.4, 0.5) is 5.69 Å². The van der Waals surface area contributed by atoms with Gasteiger partial charge in [0.1, 0.15) is 0 Å². The van der Waals surface area contributed by atoms with Crippen LogP contribution in [0.15, 0.2) is 84.9 Å². The van der Waals surface area contributed by atoms with Crippen LogP contribution in [0.3, 0.4) is 0 Å². The van der Waals surface area contributed by atoms with Crippen molar-refractivity contribution < 1.29 is 14.4 Å². The van der Waals surface area contributed by atoms with E-state index in [0.717, 1.165) is 34.3 Å². The molecule has 0 radical (unpaired) electrons. The van der Waals surface area contributed by atoms with Gasteiger partial charge in [-0.3, -0.25) is 14.4 Å². The van der Waals surface area contributed by atoms with Gasteiger partial charge in [-0.1, -0.05) is 91.7 Å². The van der Waals surface area contributed by atoms with Crippen LogP contribution in [0.1, 0.15) is 43.4 Å². The first kappa shape index (κ1) is 22.7. The standard InChI is InChI=1S/C32H29NO3/c1-4-19-32-25(22-13-9-6-10-14-22)24(21-11-7-5-8-12-21)31(3,30(32)36)26-27(32)29(35)33(28(26)34)23-17-15-20(2)16-18-23/h5-18,26-27H,4,19H2,1-3H3/t26-,27-,31-,32-/m0/s1. The molecule has 2 aliphatic carbocycles. The van der Waals surface area contributed by atoms with Crippen LogP contribution in [-0.4, -0.2) is 17.6 Å². The number of fused-ring (bicyclic) bond motifs is 5. The number of imide groups is 1. The molecule has 1 saturated carbocycles. The van der Waals surface area contributed by atoms with E-state index in [4.69, 9.17) is 0 Å². The largest absolute Gasteiger partial charge is 0.298 e. The maximum atomic E-state index is 14.6. The minimum absolute atomic E-state index is 0.0230. The average Bonchev–Trinajstić information content (AvgIpc) is 3.36. The molecule has 0 N–H and O–H groups in total. The predicted molar refractivity (Wildman–Crippen MR) is 141 cm³/mol. The second kappa shape index (κ2) is 7.86. The quantitative estimate of drug-likeness (QED) is 0.419. The molecule has 180 valence electrons. The number of carbonyl (C=O) groups is 3. The number of ketones is 1. The van der Waals surface area contributed by atoms with Crippen molar-refractivity contribution in [3.05, 3.63) is 102 Å². The first-order chi connectivity index (χ1) is 17.4. The smallest absolute Gasteiger partial charge is 0.239 e. The molecule has 1 aliphatic heterocycles. The summed E-state index contributed by atoms with van der Waals surface area (Å²) in [6, 6.07) is 27.4. The Kier molecular flexibility index (Phi) is 4.95. The van der Waals surface area contributed by atoms with E-state index in [1.165, 1.54) is 4.90 Å².